The topological polar surface area (TPSA) is 70.7 Å². The molecular weight excluding hydrogens is 312 g/mol. The average molecular weight is 337 g/mol. The fraction of sp³-hybridized carbons (Fsp3) is 0.529. The Kier molecular flexibility index (Phi) is 6.71. The number of anilines is 1. The number of halogens is 1. The molecule has 0 unspecified atom stereocenters. The Balaban J connectivity index is 1.81. The predicted octanol–water partition coefficient (Wildman–Crippen LogP) is 3.17. The number of amides is 1. The Morgan fingerprint density at radius 1 is 1.30 bits per heavy atom. The summed E-state index contributed by atoms with van der Waals surface area (Å²) in [4.78, 5) is 18.5. The zero-order chi connectivity index (χ0) is 16.7. The quantitative estimate of drug-likeness (QED) is 0.655. The molecule has 23 heavy (non-hydrogen) atoms. The van der Waals surface area contributed by atoms with Gasteiger partial charge in [0.1, 0.15) is 0 Å². The Labute approximate surface area is 142 Å². The number of likely N-dealkylation sites (tertiary alicyclic amines) is 1. The van der Waals surface area contributed by atoms with E-state index < -0.39 is 0 Å². The largest absolute Gasteiger partial charge is 0.370 e. The summed E-state index contributed by atoms with van der Waals surface area (Å²) in [6, 6.07) is 5.47. The maximum atomic E-state index is 12.0. The summed E-state index contributed by atoms with van der Waals surface area (Å²) < 4.78 is 0. The zero-order valence-corrected chi connectivity index (χ0v) is 14.4. The van der Waals surface area contributed by atoms with Crippen LogP contribution in [0.2, 0.25) is 5.02 Å². The molecular formula is C17H25ClN4O. The highest BCUT2D eigenvalue weighted by molar-refractivity contribution is 6.31. The van der Waals surface area contributed by atoms with Crippen LogP contribution >= 0.6 is 11.6 Å². The molecule has 5 nitrogen and oxygen atoms in total. The number of aliphatic imine (C=N–C) groups is 1. The van der Waals surface area contributed by atoms with Crippen LogP contribution in [0.25, 0.3) is 0 Å². The van der Waals surface area contributed by atoms with E-state index in [9.17, 15) is 4.79 Å². The summed E-state index contributed by atoms with van der Waals surface area (Å²) in [5.41, 5.74) is 7.64. The van der Waals surface area contributed by atoms with Crippen molar-refractivity contribution in [2.45, 2.75) is 39.0 Å². The maximum absolute atomic E-state index is 12.0. The van der Waals surface area contributed by atoms with Gasteiger partial charge in [-0.05, 0) is 37.5 Å². The highest BCUT2D eigenvalue weighted by Crippen LogP contribution is 2.22. The molecule has 0 bridgehead atoms. The fourth-order valence-electron chi connectivity index (χ4n) is 2.63. The van der Waals surface area contributed by atoms with Gasteiger partial charge in [-0.3, -0.25) is 9.79 Å². The minimum absolute atomic E-state index is 0.0808. The van der Waals surface area contributed by atoms with E-state index in [-0.39, 0.29) is 5.91 Å². The zero-order valence-electron chi connectivity index (χ0n) is 13.6. The number of nitrogens with two attached hydrogens (primary N) is 1. The first kappa shape index (κ1) is 17.6. The summed E-state index contributed by atoms with van der Waals surface area (Å²) >= 11 is 6.05. The monoisotopic (exact) mass is 336 g/mol. The Morgan fingerprint density at radius 3 is 2.70 bits per heavy atom. The molecule has 3 N–H and O–H groups in total. The van der Waals surface area contributed by atoms with Crippen molar-refractivity contribution >= 4 is 29.2 Å². The van der Waals surface area contributed by atoms with E-state index in [0.717, 1.165) is 37.2 Å². The molecule has 1 saturated heterocycles. The van der Waals surface area contributed by atoms with Crippen LogP contribution in [0, 0.1) is 6.92 Å². The van der Waals surface area contributed by atoms with Crippen LogP contribution in [0.3, 0.4) is 0 Å². The number of carbonyl (C=O) groups is 1. The lowest BCUT2D eigenvalue weighted by atomic mass is 10.2. The van der Waals surface area contributed by atoms with Crippen LogP contribution in [0.5, 0.6) is 0 Å². The SMILES string of the molecule is Cc1c(Cl)cccc1NC(=O)CCN=C(N)N1CCCCCC1. The van der Waals surface area contributed by atoms with E-state index >= 15 is 0 Å². The highest BCUT2D eigenvalue weighted by atomic mass is 35.5. The average Bonchev–Trinajstić information content (AvgIpc) is 2.81. The molecule has 0 radical (unpaired) electrons. The van der Waals surface area contributed by atoms with Crippen molar-refractivity contribution in [3.63, 3.8) is 0 Å². The Hall–Kier alpha value is -1.75. The molecule has 0 saturated carbocycles. The van der Waals surface area contributed by atoms with Crippen LogP contribution < -0.4 is 11.1 Å². The van der Waals surface area contributed by atoms with Crippen LogP contribution in [-0.4, -0.2) is 36.4 Å². The number of carbonyl (C=O) groups excluding carboxylic acids is 1. The number of nitrogens with zero attached hydrogens (tertiary/aromatic N) is 2. The fourth-order valence-corrected chi connectivity index (χ4v) is 2.80. The van der Waals surface area contributed by atoms with Crippen LogP contribution in [-0.2, 0) is 4.79 Å². The third-order valence-corrected chi connectivity index (χ3v) is 4.49. The Morgan fingerprint density at radius 2 is 2.00 bits per heavy atom. The Bertz CT molecular complexity index is 566. The lowest BCUT2D eigenvalue weighted by Crippen LogP contribution is -2.38. The first-order valence-electron chi connectivity index (χ1n) is 8.18. The predicted molar refractivity (Wildman–Crippen MR) is 96.0 cm³/mol. The third kappa shape index (κ3) is 5.43. The second-order valence-electron chi connectivity index (χ2n) is 5.85. The molecule has 1 aliphatic rings. The van der Waals surface area contributed by atoms with Crippen molar-refractivity contribution in [2.75, 3.05) is 25.0 Å². The van der Waals surface area contributed by atoms with Crippen molar-refractivity contribution in [3.8, 4) is 0 Å². The smallest absolute Gasteiger partial charge is 0.226 e. The van der Waals surface area contributed by atoms with Gasteiger partial charge in [0, 0.05) is 30.2 Å². The maximum Gasteiger partial charge on any atom is 0.226 e. The van der Waals surface area contributed by atoms with Gasteiger partial charge >= 0.3 is 0 Å². The molecule has 1 aromatic carbocycles. The minimum atomic E-state index is -0.0808. The number of rotatable bonds is 4. The molecule has 1 aliphatic heterocycles. The molecule has 1 fully saturated rings. The van der Waals surface area contributed by atoms with E-state index in [1.165, 1.54) is 12.8 Å². The second kappa shape index (κ2) is 8.77. The number of nitrogens with one attached hydrogen (secondary N) is 1. The molecule has 0 atom stereocenters. The van der Waals surface area contributed by atoms with Gasteiger partial charge in [0.2, 0.25) is 5.91 Å². The van der Waals surface area contributed by atoms with Crippen molar-refractivity contribution in [1.82, 2.24) is 4.90 Å². The number of hydrogen-bond acceptors (Lipinski definition) is 2. The van der Waals surface area contributed by atoms with Gasteiger partial charge in [-0.25, -0.2) is 0 Å². The van der Waals surface area contributed by atoms with Gasteiger partial charge < -0.3 is 16.0 Å². The van der Waals surface area contributed by atoms with Gasteiger partial charge in [0.25, 0.3) is 0 Å². The standard InChI is InChI=1S/C17H25ClN4O/c1-13-14(18)7-6-8-15(13)21-16(23)9-10-20-17(19)22-11-4-2-3-5-12-22/h6-8H,2-5,9-12H2,1H3,(H2,19,20)(H,21,23). The van der Waals surface area contributed by atoms with Crippen molar-refractivity contribution < 1.29 is 4.79 Å². The number of hydrogen-bond donors (Lipinski definition) is 2. The molecule has 1 heterocycles. The molecule has 6 heteroatoms. The van der Waals surface area contributed by atoms with Gasteiger partial charge in [-0.15, -0.1) is 0 Å². The molecule has 1 amide bonds. The summed E-state index contributed by atoms with van der Waals surface area (Å²) in [7, 11) is 0. The van der Waals surface area contributed by atoms with E-state index in [4.69, 9.17) is 17.3 Å². The van der Waals surface area contributed by atoms with E-state index in [1.54, 1.807) is 6.07 Å². The number of benzene rings is 1. The normalized spacial score (nSPS) is 16.1. The lowest BCUT2D eigenvalue weighted by Gasteiger charge is -2.21. The van der Waals surface area contributed by atoms with Crippen molar-refractivity contribution in [3.05, 3.63) is 28.8 Å². The molecule has 0 aromatic heterocycles. The number of guanidine groups is 1. The molecule has 0 aliphatic carbocycles. The van der Waals surface area contributed by atoms with Crippen molar-refractivity contribution in [1.29, 1.82) is 0 Å². The molecule has 2 rings (SSSR count). The van der Waals surface area contributed by atoms with E-state index in [0.29, 0.717) is 23.9 Å². The van der Waals surface area contributed by atoms with Crippen molar-refractivity contribution in [2.24, 2.45) is 10.7 Å². The second-order valence-corrected chi connectivity index (χ2v) is 6.26. The summed E-state index contributed by atoms with van der Waals surface area (Å²) in [6.07, 6.45) is 5.13. The van der Waals surface area contributed by atoms with Gasteiger partial charge in [-0.2, -0.15) is 0 Å². The first-order chi connectivity index (χ1) is 11.1. The summed E-state index contributed by atoms with van der Waals surface area (Å²) in [5, 5.41) is 3.51. The third-order valence-electron chi connectivity index (χ3n) is 4.08. The van der Waals surface area contributed by atoms with Gasteiger partial charge in [-0.1, -0.05) is 30.5 Å². The van der Waals surface area contributed by atoms with Crippen LogP contribution in [0.15, 0.2) is 23.2 Å². The minimum Gasteiger partial charge on any atom is -0.370 e. The van der Waals surface area contributed by atoms with E-state index in [2.05, 4.69) is 15.2 Å². The lowest BCUT2D eigenvalue weighted by molar-refractivity contribution is -0.116. The summed E-state index contributed by atoms with van der Waals surface area (Å²) in [6.45, 7) is 4.20. The highest BCUT2D eigenvalue weighted by Gasteiger charge is 2.11. The van der Waals surface area contributed by atoms with Crippen LogP contribution in [0.1, 0.15) is 37.7 Å². The van der Waals surface area contributed by atoms with Crippen LogP contribution in [0.4, 0.5) is 5.69 Å². The first-order valence-corrected chi connectivity index (χ1v) is 8.55. The molecule has 0 spiro atoms. The molecule has 1 aromatic rings. The summed E-state index contributed by atoms with van der Waals surface area (Å²) in [5.74, 6) is 0.474. The molecule has 126 valence electrons. The van der Waals surface area contributed by atoms with Gasteiger partial charge in [0.05, 0.1) is 6.54 Å². The van der Waals surface area contributed by atoms with E-state index in [1.807, 2.05) is 19.1 Å². The van der Waals surface area contributed by atoms with Gasteiger partial charge in [0.15, 0.2) is 5.96 Å².